The van der Waals surface area contributed by atoms with E-state index in [1.165, 1.54) is 0 Å². The molecule has 0 radical (unpaired) electrons. The molecule has 1 aliphatic heterocycles. The van der Waals surface area contributed by atoms with Crippen molar-refractivity contribution in [1.29, 1.82) is 0 Å². The maximum atomic E-state index is 12.8. The molecule has 1 N–H and O–H groups in total. The number of hydrogen-bond acceptors (Lipinski definition) is 2. The minimum absolute atomic E-state index is 0.00703. The van der Waals surface area contributed by atoms with Crippen LogP contribution in [0.1, 0.15) is 46.5 Å². The highest BCUT2D eigenvalue weighted by Gasteiger charge is 2.55. The number of carbonyl (C=O) groups is 2. The third-order valence-corrected chi connectivity index (χ3v) is 4.46. The molecule has 4 nitrogen and oxygen atoms in total. The topological polar surface area (TPSA) is 49.4 Å². The summed E-state index contributed by atoms with van der Waals surface area (Å²) in [4.78, 5) is 26.9. The molecule has 3 atom stereocenters. The zero-order chi connectivity index (χ0) is 14.2. The van der Waals surface area contributed by atoms with Crippen molar-refractivity contribution in [3.8, 4) is 0 Å². The minimum Gasteiger partial charge on any atom is -0.340 e. The van der Waals surface area contributed by atoms with Crippen molar-refractivity contribution >= 4 is 11.8 Å². The van der Waals surface area contributed by atoms with Gasteiger partial charge in [0.15, 0.2) is 0 Å². The van der Waals surface area contributed by atoms with Gasteiger partial charge in [0, 0.05) is 6.04 Å². The van der Waals surface area contributed by atoms with E-state index in [1.54, 1.807) is 4.90 Å². The molecule has 2 rings (SSSR count). The van der Waals surface area contributed by atoms with Gasteiger partial charge in [0.05, 0.1) is 0 Å². The Morgan fingerprint density at radius 2 is 2.16 bits per heavy atom. The van der Waals surface area contributed by atoms with E-state index in [1.807, 2.05) is 26.8 Å². The van der Waals surface area contributed by atoms with Crippen LogP contribution in [0, 0.1) is 5.92 Å². The monoisotopic (exact) mass is 264 g/mol. The van der Waals surface area contributed by atoms with Gasteiger partial charge >= 0.3 is 0 Å². The summed E-state index contributed by atoms with van der Waals surface area (Å²) in [5.41, 5.74) is -0.696. The van der Waals surface area contributed by atoms with Crippen LogP contribution in [-0.4, -0.2) is 34.3 Å². The van der Waals surface area contributed by atoms with Crippen molar-refractivity contribution in [2.24, 2.45) is 5.92 Å². The molecule has 0 aromatic heterocycles. The molecule has 106 valence electrons. The smallest absolute Gasteiger partial charge is 0.249 e. The average Bonchev–Trinajstić information content (AvgIpc) is 3.17. The molecule has 0 bridgehead atoms. The van der Waals surface area contributed by atoms with Crippen LogP contribution in [0.15, 0.2) is 12.7 Å². The van der Waals surface area contributed by atoms with Crippen LogP contribution < -0.4 is 5.32 Å². The quantitative estimate of drug-likeness (QED) is 0.771. The molecule has 0 aromatic carbocycles. The summed E-state index contributed by atoms with van der Waals surface area (Å²) in [7, 11) is 0. The molecule has 1 heterocycles. The van der Waals surface area contributed by atoms with E-state index < -0.39 is 5.54 Å². The molecule has 2 fully saturated rings. The van der Waals surface area contributed by atoms with Gasteiger partial charge < -0.3 is 10.2 Å². The Hall–Kier alpha value is -1.32. The average molecular weight is 264 g/mol. The predicted molar refractivity (Wildman–Crippen MR) is 74.5 cm³/mol. The van der Waals surface area contributed by atoms with Gasteiger partial charge in [-0.2, -0.15) is 0 Å². The Bertz CT molecular complexity index is 403. The van der Waals surface area contributed by atoms with Crippen LogP contribution in [0.3, 0.4) is 0 Å². The van der Waals surface area contributed by atoms with Gasteiger partial charge in [-0.1, -0.05) is 13.0 Å². The van der Waals surface area contributed by atoms with Crippen LogP contribution in [0.2, 0.25) is 0 Å². The summed E-state index contributed by atoms with van der Waals surface area (Å²) >= 11 is 0. The molecule has 19 heavy (non-hydrogen) atoms. The van der Waals surface area contributed by atoms with Gasteiger partial charge in [-0.15, -0.1) is 6.58 Å². The van der Waals surface area contributed by atoms with Crippen LogP contribution in [0.25, 0.3) is 0 Å². The van der Waals surface area contributed by atoms with Gasteiger partial charge in [-0.05, 0) is 45.4 Å². The fourth-order valence-electron chi connectivity index (χ4n) is 3.11. The number of piperazine rings is 1. The number of amides is 2. The lowest BCUT2D eigenvalue weighted by atomic mass is 9.87. The van der Waals surface area contributed by atoms with Gasteiger partial charge in [-0.25, -0.2) is 0 Å². The second-order valence-electron chi connectivity index (χ2n) is 5.98. The highest BCUT2D eigenvalue weighted by atomic mass is 16.2. The number of carbonyl (C=O) groups excluding carboxylic acids is 2. The molecule has 0 aromatic rings. The Morgan fingerprint density at radius 3 is 2.63 bits per heavy atom. The summed E-state index contributed by atoms with van der Waals surface area (Å²) in [6.07, 6.45) is 5.24. The summed E-state index contributed by atoms with van der Waals surface area (Å²) < 4.78 is 0. The number of hydrogen-bond donors (Lipinski definition) is 1. The van der Waals surface area contributed by atoms with Crippen molar-refractivity contribution in [3.63, 3.8) is 0 Å². The van der Waals surface area contributed by atoms with Crippen LogP contribution >= 0.6 is 0 Å². The first kappa shape index (κ1) is 14.1. The molecular formula is C15H24N2O2. The molecule has 1 saturated carbocycles. The van der Waals surface area contributed by atoms with Crippen LogP contribution in [-0.2, 0) is 9.59 Å². The first-order valence-electron chi connectivity index (χ1n) is 7.21. The SMILES string of the molecule is C=CCC(C)N1C(=O)C(C)(C2CC2)NC(=O)C1CC. The third kappa shape index (κ3) is 2.28. The van der Waals surface area contributed by atoms with Crippen molar-refractivity contribution in [1.82, 2.24) is 10.2 Å². The van der Waals surface area contributed by atoms with Crippen molar-refractivity contribution in [2.45, 2.75) is 64.1 Å². The van der Waals surface area contributed by atoms with Gasteiger partial charge in [0.2, 0.25) is 11.8 Å². The lowest BCUT2D eigenvalue weighted by Gasteiger charge is -2.47. The molecule has 3 unspecified atom stereocenters. The van der Waals surface area contributed by atoms with Crippen LogP contribution in [0.5, 0.6) is 0 Å². The predicted octanol–water partition coefficient (Wildman–Crippen LogP) is 1.86. The Balaban J connectivity index is 2.30. The van der Waals surface area contributed by atoms with E-state index in [9.17, 15) is 9.59 Å². The molecule has 2 aliphatic rings. The summed E-state index contributed by atoms with van der Waals surface area (Å²) in [6.45, 7) is 9.56. The van der Waals surface area contributed by atoms with E-state index in [-0.39, 0.29) is 23.9 Å². The van der Waals surface area contributed by atoms with Gasteiger partial charge in [0.1, 0.15) is 11.6 Å². The van der Waals surface area contributed by atoms with Crippen molar-refractivity contribution in [3.05, 3.63) is 12.7 Å². The molecular weight excluding hydrogens is 240 g/mol. The Kier molecular flexibility index (Phi) is 3.70. The van der Waals surface area contributed by atoms with E-state index in [0.29, 0.717) is 12.3 Å². The number of nitrogens with one attached hydrogen (secondary N) is 1. The Labute approximate surface area is 115 Å². The second kappa shape index (κ2) is 4.99. The zero-order valence-corrected chi connectivity index (χ0v) is 12.1. The lowest BCUT2D eigenvalue weighted by Crippen LogP contribution is -2.71. The maximum Gasteiger partial charge on any atom is 0.249 e. The number of nitrogens with zero attached hydrogens (tertiary/aromatic N) is 1. The van der Waals surface area contributed by atoms with Gasteiger partial charge in [-0.3, -0.25) is 9.59 Å². The summed E-state index contributed by atoms with van der Waals surface area (Å²) in [5, 5.41) is 2.98. The second-order valence-corrected chi connectivity index (χ2v) is 5.98. The number of rotatable bonds is 5. The third-order valence-electron chi connectivity index (χ3n) is 4.46. The summed E-state index contributed by atoms with van der Waals surface area (Å²) in [5.74, 6) is 0.378. The fourth-order valence-corrected chi connectivity index (χ4v) is 3.11. The van der Waals surface area contributed by atoms with Gasteiger partial charge in [0.25, 0.3) is 0 Å². The first-order chi connectivity index (χ1) is 8.95. The molecule has 2 amide bonds. The normalized spacial score (nSPS) is 33.0. The molecule has 4 heteroatoms. The van der Waals surface area contributed by atoms with Crippen molar-refractivity contribution in [2.75, 3.05) is 0 Å². The standard InChI is InChI=1S/C15H24N2O2/c1-5-7-10(3)17-12(6-2)13(18)16-15(4,14(17)19)11-8-9-11/h5,10-12H,1,6-9H2,2-4H3,(H,16,18). The van der Waals surface area contributed by atoms with E-state index in [4.69, 9.17) is 0 Å². The molecule has 1 aliphatic carbocycles. The molecule has 0 spiro atoms. The summed E-state index contributed by atoms with van der Waals surface area (Å²) in [6, 6.07) is -0.312. The lowest BCUT2D eigenvalue weighted by molar-refractivity contribution is -0.158. The highest BCUT2D eigenvalue weighted by molar-refractivity contribution is 6.00. The van der Waals surface area contributed by atoms with Crippen molar-refractivity contribution < 1.29 is 9.59 Å². The Morgan fingerprint density at radius 1 is 1.53 bits per heavy atom. The first-order valence-corrected chi connectivity index (χ1v) is 7.21. The maximum absolute atomic E-state index is 12.8. The largest absolute Gasteiger partial charge is 0.340 e. The molecule has 1 saturated heterocycles. The van der Waals surface area contributed by atoms with E-state index in [2.05, 4.69) is 11.9 Å². The van der Waals surface area contributed by atoms with E-state index in [0.717, 1.165) is 19.3 Å². The zero-order valence-electron chi connectivity index (χ0n) is 12.1. The fraction of sp³-hybridized carbons (Fsp3) is 0.733. The highest BCUT2D eigenvalue weighted by Crippen LogP contribution is 2.42. The minimum atomic E-state index is -0.696. The van der Waals surface area contributed by atoms with E-state index >= 15 is 0 Å². The van der Waals surface area contributed by atoms with Crippen LogP contribution in [0.4, 0.5) is 0 Å².